The van der Waals surface area contributed by atoms with Gasteiger partial charge in [0.05, 0.1) is 15.6 Å². The highest BCUT2D eigenvalue weighted by molar-refractivity contribution is 7.14. The molecule has 0 bridgehead atoms. The largest absolute Gasteiger partial charge is 0.319 e. The molecule has 0 fully saturated rings. The number of aromatic nitrogens is 1. The van der Waals surface area contributed by atoms with Crippen LogP contribution in [0.25, 0.3) is 10.6 Å². The summed E-state index contributed by atoms with van der Waals surface area (Å²) in [7, 11) is 2.02. The Morgan fingerprint density at radius 2 is 2.29 bits per heavy atom. The molecule has 0 aromatic carbocycles. The van der Waals surface area contributed by atoms with Crippen molar-refractivity contribution >= 4 is 22.7 Å². The lowest BCUT2D eigenvalue weighted by atomic mass is 10.0. The fourth-order valence-electron chi connectivity index (χ4n) is 1.84. The van der Waals surface area contributed by atoms with Gasteiger partial charge in [-0.05, 0) is 31.0 Å². The van der Waals surface area contributed by atoms with Gasteiger partial charge in [-0.15, -0.1) is 22.7 Å². The number of nitrogens with one attached hydrogen (secondary N) is 1. The van der Waals surface area contributed by atoms with E-state index < -0.39 is 0 Å². The van der Waals surface area contributed by atoms with Gasteiger partial charge in [-0.25, -0.2) is 4.98 Å². The van der Waals surface area contributed by atoms with E-state index >= 15 is 0 Å². The van der Waals surface area contributed by atoms with Crippen LogP contribution in [0.4, 0.5) is 0 Å². The molecule has 2 heterocycles. The van der Waals surface area contributed by atoms with Crippen molar-refractivity contribution in [3.63, 3.8) is 0 Å². The molecule has 0 amide bonds. The average Bonchev–Trinajstić information content (AvgIpc) is 2.98. The summed E-state index contributed by atoms with van der Waals surface area (Å²) >= 11 is 3.54. The second kappa shape index (κ2) is 6.28. The highest BCUT2D eigenvalue weighted by Gasteiger charge is 2.10. The smallest absolute Gasteiger partial charge is 0.0936 e. The molecule has 4 heteroatoms. The molecule has 1 N–H and O–H groups in total. The highest BCUT2D eigenvalue weighted by Crippen LogP contribution is 2.27. The first-order chi connectivity index (χ1) is 8.33. The van der Waals surface area contributed by atoms with Crippen LogP contribution in [0.15, 0.2) is 22.9 Å². The fourth-order valence-corrected chi connectivity index (χ4v) is 3.51. The Morgan fingerprint density at radius 1 is 1.41 bits per heavy atom. The molecule has 17 heavy (non-hydrogen) atoms. The van der Waals surface area contributed by atoms with E-state index in [1.54, 1.807) is 22.7 Å². The van der Waals surface area contributed by atoms with Crippen molar-refractivity contribution in [1.82, 2.24) is 10.3 Å². The summed E-state index contributed by atoms with van der Waals surface area (Å²) in [6.45, 7) is 3.32. The Balaban J connectivity index is 2.03. The fraction of sp³-hybridized carbons (Fsp3) is 0.462. The second-order valence-electron chi connectivity index (χ2n) is 4.14. The molecule has 0 aliphatic rings. The summed E-state index contributed by atoms with van der Waals surface area (Å²) in [4.78, 5) is 6.00. The van der Waals surface area contributed by atoms with E-state index in [4.69, 9.17) is 4.98 Å². The maximum absolute atomic E-state index is 4.72. The predicted octanol–water partition coefficient (Wildman–Crippen LogP) is 3.66. The lowest BCUT2D eigenvalue weighted by Gasteiger charge is -2.11. The molecule has 0 saturated heterocycles. The first-order valence-corrected chi connectivity index (χ1v) is 7.72. The quantitative estimate of drug-likeness (QED) is 0.863. The molecule has 92 valence electrons. The van der Waals surface area contributed by atoms with Crippen molar-refractivity contribution in [2.24, 2.45) is 5.92 Å². The van der Waals surface area contributed by atoms with Gasteiger partial charge < -0.3 is 5.32 Å². The van der Waals surface area contributed by atoms with Crippen molar-refractivity contribution in [3.8, 4) is 10.6 Å². The summed E-state index contributed by atoms with van der Waals surface area (Å²) in [5.74, 6) is 0.697. The molecule has 1 unspecified atom stereocenters. The molecule has 1 atom stereocenters. The van der Waals surface area contributed by atoms with Crippen LogP contribution in [-0.4, -0.2) is 18.6 Å². The summed E-state index contributed by atoms with van der Waals surface area (Å²) in [6.07, 6.45) is 2.29. The minimum atomic E-state index is 0.697. The third kappa shape index (κ3) is 3.37. The van der Waals surface area contributed by atoms with Gasteiger partial charge >= 0.3 is 0 Å². The summed E-state index contributed by atoms with van der Waals surface area (Å²) < 4.78 is 0. The van der Waals surface area contributed by atoms with Crippen LogP contribution in [-0.2, 0) is 6.42 Å². The van der Waals surface area contributed by atoms with Gasteiger partial charge in [0.25, 0.3) is 0 Å². The van der Waals surface area contributed by atoms with E-state index in [-0.39, 0.29) is 0 Å². The third-order valence-electron chi connectivity index (χ3n) is 2.86. The van der Waals surface area contributed by atoms with E-state index in [1.165, 1.54) is 16.3 Å². The maximum atomic E-state index is 4.72. The van der Waals surface area contributed by atoms with Crippen LogP contribution in [0.2, 0.25) is 0 Å². The van der Waals surface area contributed by atoms with Crippen molar-refractivity contribution < 1.29 is 0 Å². The molecular formula is C13H18N2S2. The minimum Gasteiger partial charge on any atom is -0.319 e. The zero-order valence-corrected chi connectivity index (χ0v) is 11.9. The molecule has 2 rings (SSSR count). The number of thiophene rings is 1. The molecule has 0 aliphatic carbocycles. The SMILES string of the molecule is CCC(CNC)Cc1nc(-c2cccs2)cs1. The molecule has 2 nitrogen and oxygen atoms in total. The van der Waals surface area contributed by atoms with E-state index in [9.17, 15) is 0 Å². The van der Waals surface area contributed by atoms with Gasteiger partial charge in [-0.2, -0.15) is 0 Å². The summed E-state index contributed by atoms with van der Waals surface area (Å²) in [5, 5.41) is 8.79. The summed E-state index contributed by atoms with van der Waals surface area (Å²) in [6, 6.07) is 4.21. The molecular weight excluding hydrogens is 248 g/mol. The van der Waals surface area contributed by atoms with Crippen molar-refractivity contribution in [3.05, 3.63) is 27.9 Å². The number of rotatable bonds is 6. The monoisotopic (exact) mass is 266 g/mol. The predicted molar refractivity (Wildman–Crippen MR) is 76.8 cm³/mol. The standard InChI is InChI=1S/C13H18N2S2/c1-3-10(8-14-2)7-13-15-11(9-17-13)12-5-4-6-16-12/h4-6,9-10,14H,3,7-8H2,1-2H3. The lowest BCUT2D eigenvalue weighted by molar-refractivity contribution is 0.480. The zero-order valence-electron chi connectivity index (χ0n) is 10.3. The van der Waals surface area contributed by atoms with Crippen molar-refractivity contribution in [1.29, 1.82) is 0 Å². The van der Waals surface area contributed by atoms with Gasteiger partial charge in [0.1, 0.15) is 0 Å². The Hall–Kier alpha value is -0.710. The van der Waals surface area contributed by atoms with Gasteiger partial charge in [0.15, 0.2) is 0 Å². The number of hydrogen-bond donors (Lipinski definition) is 1. The summed E-state index contributed by atoms with van der Waals surface area (Å²) in [5.41, 5.74) is 1.14. The Kier molecular flexibility index (Phi) is 4.71. The van der Waals surface area contributed by atoms with Crippen LogP contribution >= 0.6 is 22.7 Å². The van der Waals surface area contributed by atoms with Gasteiger partial charge in [0.2, 0.25) is 0 Å². The van der Waals surface area contributed by atoms with Crippen molar-refractivity contribution in [2.75, 3.05) is 13.6 Å². The van der Waals surface area contributed by atoms with E-state index in [1.807, 2.05) is 7.05 Å². The average molecular weight is 266 g/mol. The normalized spacial score (nSPS) is 12.8. The molecule has 2 aromatic rings. The van der Waals surface area contributed by atoms with Gasteiger partial charge in [0, 0.05) is 11.8 Å². The van der Waals surface area contributed by atoms with Crippen LogP contribution in [0.1, 0.15) is 18.4 Å². The van der Waals surface area contributed by atoms with Crippen molar-refractivity contribution in [2.45, 2.75) is 19.8 Å². The van der Waals surface area contributed by atoms with Gasteiger partial charge in [-0.1, -0.05) is 19.4 Å². The van der Waals surface area contributed by atoms with Crippen LogP contribution in [0.3, 0.4) is 0 Å². The first-order valence-electron chi connectivity index (χ1n) is 5.96. The molecule has 2 aromatic heterocycles. The van der Waals surface area contributed by atoms with E-state index in [0.717, 1.165) is 18.7 Å². The minimum absolute atomic E-state index is 0.697. The number of thiazole rings is 1. The molecule has 0 spiro atoms. The zero-order chi connectivity index (χ0) is 12.1. The highest BCUT2D eigenvalue weighted by atomic mass is 32.1. The topological polar surface area (TPSA) is 24.9 Å². The van der Waals surface area contributed by atoms with Crippen LogP contribution in [0.5, 0.6) is 0 Å². The Morgan fingerprint density at radius 3 is 2.94 bits per heavy atom. The number of nitrogens with zero attached hydrogens (tertiary/aromatic N) is 1. The molecule has 0 saturated carbocycles. The third-order valence-corrected chi connectivity index (χ3v) is 4.62. The first kappa shape index (κ1) is 12.7. The van der Waals surface area contributed by atoms with E-state index in [0.29, 0.717) is 5.92 Å². The Labute approximate surface area is 111 Å². The lowest BCUT2D eigenvalue weighted by Crippen LogP contribution is -2.19. The van der Waals surface area contributed by atoms with E-state index in [2.05, 4.69) is 35.1 Å². The number of hydrogen-bond acceptors (Lipinski definition) is 4. The molecule has 0 radical (unpaired) electrons. The molecule has 0 aliphatic heterocycles. The van der Waals surface area contributed by atoms with Crippen LogP contribution < -0.4 is 5.32 Å². The maximum Gasteiger partial charge on any atom is 0.0936 e. The second-order valence-corrected chi connectivity index (χ2v) is 6.03. The Bertz CT molecular complexity index is 434. The van der Waals surface area contributed by atoms with Gasteiger partial charge in [-0.3, -0.25) is 0 Å². The van der Waals surface area contributed by atoms with Crippen LogP contribution in [0, 0.1) is 5.92 Å².